The quantitative estimate of drug-likeness (QED) is 0.761. The van der Waals surface area contributed by atoms with Crippen molar-refractivity contribution in [1.29, 1.82) is 0 Å². The van der Waals surface area contributed by atoms with Crippen LogP contribution < -0.4 is 5.32 Å². The van der Waals surface area contributed by atoms with E-state index in [1.165, 1.54) is 25.8 Å². The van der Waals surface area contributed by atoms with Crippen molar-refractivity contribution >= 4 is 5.91 Å². The Morgan fingerprint density at radius 1 is 1.33 bits per heavy atom. The number of piperidine rings is 1. The summed E-state index contributed by atoms with van der Waals surface area (Å²) < 4.78 is 0. The zero-order chi connectivity index (χ0) is 13.0. The monoisotopic (exact) mass is 253 g/mol. The molecule has 2 fully saturated rings. The Bertz CT molecular complexity index is 282. The standard InChI is InChI=1S/C14H27N3O/c1-12-10-16-9-4-3-6-13(16)11-17(12)14(18)7-5-8-15-2/h12-13,15H,3-11H2,1-2H3. The molecule has 18 heavy (non-hydrogen) atoms. The van der Waals surface area contributed by atoms with E-state index in [2.05, 4.69) is 22.0 Å². The Hall–Kier alpha value is -0.610. The molecule has 2 atom stereocenters. The minimum atomic E-state index is 0.350. The van der Waals surface area contributed by atoms with Gasteiger partial charge in [0.25, 0.3) is 0 Å². The van der Waals surface area contributed by atoms with Crippen LogP contribution >= 0.6 is 0 Å². The van der Waals surface area contributed by atoms with Crippen LogP contribution in [0.5, 0.6) is 0 Å². The highest BCUT2D eigenvalue weighted by molar-refractivity contribution is 5.76. The van der Waals surface area contributed by atoms with Gasteiger partial charge in [0, 0.05) is 31.6 Å². The summed E-state index contributed by atoms with van der Waals surface area (Å²) in [5.74, 6) is 0.350. The van der Waals surface area contributed by atoms with Crippen LogP contribution in [0.2, 0.25) is 0 Å². The molecule has 4 heteroatoms. The van der Waals surface area contributed by atoms with Gasteiger partial charge >= 0.3 is 0 Å². The van der Waals surface area contributed by atoms with Crippen LogP contribution in [0.1, 0.15) is 39.0 Å². The lowest BCUT2D eigenvalue weighted by Crippen LogP contribution is -2.60. The van der Waals surface area contributed by atoms with E-state index in [1.807, 2.05) is 7.05 Å². The van der Waals surface area contributed by atoms with Crippen LogP contribution in [0.3, 0.4) is 0 Å². The number of carbonyl (C=O) groups is 1. The van der Waals surface area contributed by atoms with E-state index in [-0.39, 0.29) is 0 Å². The van der Waals surface area contributed by atoms with Crippen molar-refractivity contribution in [3.05, 3.63) is 0 Å². The molecule has 2 saturated heterocycles. The van der Waals surface area contributed by atoms with Crippen molar-refractivity contribution in [3.8, 4) is 0 Å². The SMILES string of the molecule is CNCCCC(=O)N1CC2CCCCN2CC1C. The van der Waals surface area contributed by atoms with Crippen molar-refractivity contribution < 1.29 is 4.79 Å². The second-order valence-electron chi connectivity index (χ2n) is 5.75. The number of fused-ring (bicyclic) bond motifs is 1. The predicted octanol–water partition coefficient (Wildman–Crippen LogP) is 1.07. The summed E-state index contributed by atoms with van der Waals surface area (Å²) in [6.45, 7) is 6.39. The van der Waals surface area contributed by atoms with E-state index in [4.69, 9.17) is 0 Å². The van der Waals surface area contributed by atoms with Crippen LogP contribution in [0.4, 0.5) is 0 Å². The van der Waals surface area contributed by atoms with Gasteiger partial charge in [-0.25, -0.2) is 0 Å². The van der Waals surface area contributed by atoms with Gasteiger partial charge in [-0.05, 0) is 46.3 Å². The smallest absolute Gasteiger partial charge is 0.222 e. The van der Waals surface area contributed by atoms with Crippen molar-refractivity contribution in [2.24, 2.45) is 0 Å². The second-order valence-corrected chi connectivity index (χ2v) is 5.75. The van der Waals surface area contributed by atoms with Crippen LogP contribution in [0.25, 0.3) is 0 Å². The van der Waals surface area contributed by atoms with Gasteiger partial charge in [-0.15, -0.1) is 0 Å². The van der Waals surface area contributed by atoms with Gasteiger partial charge in [0.15, 0.2) is 0 Å². The molecule has 0 aromatic heterocycles. The van der Waals surface area contributed by atoms with Crippen molar-refractivity contribution in [3.63, 3.8) is 0 Å². The fraction of sp³-hybridized carbons (Fsp3) is 0.929. The van der Waals surface area contributed by atoms with Crippen molar-refractivity contribution in [1.82, 2.24) is 15.1 Å². The van der Waals surface area contributed by atoms with Crippen LogP contribution in [-0.2, 0) is 4.79 Å². The number of nitrogens with zero attached hydrogens (tertiary/aromatic N) is 2. The summed E-state index contributed by atoms with van der Waals surface area (Å²) in [7, 11) is 1.94. The number of hydrogen-bond donors (Lipinski definition) is 1. The zero-order valence-corrected chi connectivity index (χ0v) is 11.8. The molecule has 0 spiro atoms. The fourth-order valence-electron chi connectivity index (χ4n) is 3.26. The number of carbonyl (C=O) groups excluding carboxylic acids is 1. The molecule has 104 valence electrons. The lowest BCUT2D eigenvalue weighted by Gasteiger charge is -2.47. The van der Waals surface area contributed by atoms with Gasteiger partial charge in [-0.2, -0.15) is 0 Å². The summed E-state index contributed by atoms with van der Waals surface area (Å²) in [5, 5.41) is 3.10. The van der Waals surface area contributed by atoms with E-state index in [0.717, 1.165) is 26.1 Å². The first kappa shape index (κ1) is 13.8. The Labute approximate surface area is 111 Å². The lowest BCUT2D eigenvalue weighted by molar-refractivity contribution is -0.138. The van der Waals surface area contributed by atoms with E-state index < -0.39 is 0 Å². The van der Waals surface area contributed by atoms with Gasteiger partial charge in [-0.3, -0.25) is 9.69 Å². The third kappa shape index (κ3) is 3.23. The summed E-state index contributed by atoms with van der Waals surface area (Å²) in [4.78, 5) is 17.0. The predicted molar refractivity (Wildman–Crippen MR) is 73.5 cm³/mol. The maximum atomic E-state index is 12.2. The van der Waals surface area contributed by atoms with E-state index >= 15 is 0 Å². The molecule has 0 radical (unpaired) electrons. The maximum absolute atomic E-state index is 12.2. The van der Waals surface area contributed by atoms with E-state index in [1.54, 1.807) is 0 Å². The Balaban J connectivity index is 1.86. The van der Waals surface area contributed by atoms with Gasteiger partial charge in [-0.1, -0.05) is 6.42 Å². The molecule has 4 nitrogen and oxygen atoms in total. The molecule has 1 amide bonds. The van der Waals surface area contributed by atoms with Gasteiger partial charge in [0.2, 0.25) is 5.91 Å². The second kappa shape index (κ2) is 6.53. The topological polar surface area (TPSA) is 35.6 Å². The highest BCUT2D eigenvalue weighted by Gasteiger charge is 2.34. The highest BCUT2D eigenvalue weighted by atomic mass is 16.2. The molecular formula is C14H27N3O. The Kier molecular flexibility index (Phi) is 5.01. The molecule has 0 saturated carbocycles. The van der Waals surface area contributed by atoms with Gasteiger partial charge in [0.05, 0.1) is 0 Å². The Morgan fingerprint density at radius 3 is 2.94 bits per heavy atom. The molecule has 0 bridgehead atoms. The van der Waals surface area contributed by atoms with E-state index in [0.29, 0.717) is 24.4 Å². The number of rotatable bonds is 4. The number of hydrogen-bond acceptors (Lipinski definition) is 3. The van der Waals surface area contributed by atoms with Crippen molar-refractivity contribution in [2.75, 3.05) is 33.2 Å². The maximum Gasteiger partial charge on any atom is 0.222 e. The summed E-state index contributed by atoms with van der Waals surface area (Å²) in [6, 6.07) is 1.02. The molecule has 2 unspecified atom stereocenters. The molecule has 0 aromatic carbocycles. The molecule has 2 rings (SSSR count). The summed E-state index contributed by atoms with van der Waals surface area (Å²) >= 11 is 0. The fourth-order valence-corrected chi connectivity index (χ4v) is 3.26. The first-order valence-electron chi connectivity index (χ1n) is 7.40. The molecule has 2 aliphatic heterocycles. The average molecular weight is 253 g/mol. The number of piperazine rings is 1. The number of nitrogens with one attached hydrogen (secondary N) is 1. The Morgan fingerprint density at radius 2 is 2.17 bits per heavy atom. The minimum absolute atomic E-state index is 0.350. The van der Waals surface area contributed by atoms with Crippen LogP contribution in [0, 0.1) is 0 Å². The first-order valence-corrected chi connectivity index (χ1v) is 7.40. The molecule has 0 aliphatic carbocycles. The third-order valence-corrected chi connectivity index (χ3v) is 4.33. The lowest BCUT2D eigenvalue weighted by atomic mass is 9.97. The van der Waals surface area contributed by atoms with Crippen LogP contribution in [-0.4, -0.2) is 61.0 Å². The van der Waals surface area contributed by atoms with E-state index in [9.17, 15) is 4.79 Å². The minimum Gasteiger partial charge on any atom is -0.337 e. The zero-order valence-electron chi connectivity index (χ0n) is 11.8. The molecule has 0 aromatic rings. The normalized spacial score (nSPS) is 29.1. The molecular weight excluding hydrogens is 226 g/mol. The molecule has 2 aliphatic rings. The third-order valence-electron chi connectivity index (χ3n) is 4.33. The highest BCUT2D eigenvalue weighted by Crippen LogP contribution is 2.24. The van der Waals surface area contributed by atoms with Gasteiger partial charge < -0.3 is 10.2 Å². The first-order chi connectivity index (χ1) is 8.72. The number of amides is 1. The summed E-state index contributed by atoms with van der Waals surface area (Å²) in [5.41, 5.74) is 0. The van der Waals surface area contributed by atoms with Crippen LogP contribution in [0.15, 0.2) is 0 Å². The largest absolute Gasteiger partial charge is 0.337 e. The van der Waals surface area contributed by atoms with Gasteiger partial charge in [0.1, 0.15) is 0 Å². The van der Waals surface area contributed by atoms with Crippen molar-refractivity contribution in [2.45, 2.75) is 51.1 Å². The summed E-state index contributed by atoms with van der Waals surface area (Å²) in [6.07, 6.45) is 5.58. The molecule has 1 N–H and O–H groups in total. The average Bonchev–Trinajstić information content (AvgIpc) is 2.38. The molecule has 2 heterocycles.